The van der Waals surface area contributed by atoms with Crippen molar-refractivity contribution in [3.63, 3.8) is 0 Å². The maximum Gasteiger partial charge on any atom is 0.143 e. The first-order valence-electron chi connectivity index (χ1n) is 15.3. The summed E-state index contributed by atoms with van der Waals surface area (Å²) in [5.74, 6) is 0.925. The zero-order chi connectivity index (χ0) is 29.8. The molecule has 0 amide bonds. The average Bonchev–Trinajstić information content (AvgIpc) is 3.66. The van der Waals surface area contributed by atoms with Crippen molar-refractivity contribution in [3.05, 3.63) is 144 Å². The van der Waals surface area contributed by atoms with E-state index in [1.807, 2.05) is 12.1 Å². The third kappa shape index (κ3) is 4.02. The number of para-hydroxylation sites is 1. The molecule has 0 unspecified atom stereocenters. The van der Waals surface area contributed by atoms with E-state index in [9.17, 15) is 0 Å². The first-order chi connectivity index (χ1) is 21.6. The average molecular weight is 569 g/mol. The quantitative estimate of drug-likeness (QED) is 0.156. The SMILES string of the molecule is C/C=C\C=C(/C)c1c2ccccc2c(/C(C)=C/C=C2\COc3ccc4c(ccc5c6ccccc6oc45)c32)c2ccccc12. The molecular weight excluding hydrogens is 536 g/mol. The van der Waals surface area contributed by atoms with Gasteiger partial charge in [0.05, 0.1) is 0 Å². The number of fused-ring (bicyclic) bond motifs is 9. The highest BCUT2D eigenvalue weighted by molar-refractivity contribution is 6.18. The van der Waals surface area contributed by atoms with Crippen LogP contribution in [0.2, 0.25) is 0 Å². The predicted molar refractivity (Wildman–Crippen MR) is 188 cm³/mol. The summed E-state index contributed by atoms with van der Waals surface area (Å²) in [5.41, 5.74) is 9.23. The Kier molecular flexibility index (Phi) is 6.23. The Bertz CT molecular complexity index is 2350. The van der Waals surface area contributed by atoms with Gasteiger partial charge >= 0.3 is 0 Å². The molecule has 0 radical (unpaired) electrons. The fraction of sp³-hybridized carbons (Fsp3) is 0.0952. The Labute approximate surface area is 256 Å². The van der Waals surface area contributed by atoms with Crippen molar-refractivity contribution in [1.82, 2.24) is 0 Å². The third-order valence-corrected chi connectivity index (χ3v) is 9.00. The summed E-state index contributed by atoms with van der Waals surface area (Å²) >= 11 is 0. The van der Waals surface area contributed by atoms with Gasteiger partial charge in [0.25, 0.3) is 0 Å². The lowest BCUT2D eigenvalue weighted by Crippen LogP contribution is -1.94. The highest BCUT2D eigenvalue weighted by atomic mass is 16.5. The third-order valence-electron chi connectivity index (χ3n) is 9.00. The number of rotatable bonds is 4. The lowest BCUT2D eigenvalue weighted by atomic mass is 9.86. The molecule has 7 aromatic rings. The van der Waals surface area contributed by atoms with Crippen LogP contribution in [0.4, 0.5) is 0 Å². The molecule has 0 spiro atoms. The molecule has 212 valence electrons. The Morgan fingerprint density at radius 3 is 1.80 bits per heavy atom. The van der Waals surface area contributed by atoms with Crippen LogP contribution in [0.25, 0.3) is 71.0 Å². The normalized spacial score (nSPS) is 15.0. The highest BCUT2D eigenvalue weighted by Gasteiger charge is 2.22. The topological polar surface area (TPSA) is 22.4 Å². The fourth-order valence-electron chi connectivity index (χ4n) is 6.99. The molecule has 0 saturated carbocycles. The first-order valence-corrected chi connectivity index (χ1v) is 15.3. The monoisotopic (exact) mass is 568 g/mol. The molecule has 1 aromatic heterocycles. The van der Waals surface area contributed by atoms with Crippen LogP contribution in [0, 0.1) is 0 Å². The largest absolute Gasteiger partial charge is 0.488 e. The molecule has 1 aliphatic rings. The van der Waals surface area contributed by atoms with Crippen LogP contribution in [-0.2, 0) is 0 Å². The Morgan fingerprint density at radius 2 is 1.14 bits per heavy atom. The smallest absolute Gasteiger partial charge is 0.143 e. The van der Waals surface area contributed by atoms with Crippen molar-refractivity contribution in [2.75, 3.05) is 6.61 Å². The standard InChI is InChI=1S/C42H32O2/c1-4-5-12-26(2)39-30-14-6-8-16-32(30)40(33-17-9-7-15-31(33)39)27(3)19-20-28-25-43-38-24-23-36-34(41(28)38)21-22-35-29-13-10-11-18-37(29)44-42(35)36/h4-24H,25H2,1-3H3/b5-4-,26-12+,27-19+,28-20+. The Morgan fingerprint density at radius 1 is 0.591 bits per heavy atom. The summed E-state index contributed by atoms with van der Waals surface area (Å²) in [6.07, 6.45) is 10.9. The van der Waals surface area contributed by atoms with E-state index in [4.69, 9.17) is 9.15 Å². The van der Waals surface area contributed by atoms with Crippen molar-refractivity contribution < 1.29 is 9.15 Å². The summed E-state index contributed by atoms with van der Waals surface area (Å²) in [6, 6.07) is 34.5. The van der Waals surface area contributed by atoms with E-state index in [0.29, 0.717) is 6.61 Å². The predicted octanol–water partition coefficient (Wildman–Crippen LogP) is 11.9. The second-order valence-electron chi connectivity index (χ2n) is 11.6. The summed E-state index contributed by atoms with van der Waals surface area (Å²) in [4.78, 5) is 0. The minimum Gasteiger partial charge on any atom is -0.488 e. The van der Waals surface area contributed by atoms with Gasteiger partial charge in [-0.05, 0) is 94.2 Å². The van der Waals surface area contributed by atoms with Gasteiger partial charge in [-0.3, -0.25) is 0 Å². The van der Waals surface area contributed by atoms with E-state index in [-0.39, 0.29) is 0 Å². The molecule has 6 aromatic carbocycles. The van der Waals surface area contributed by atoms with Crippen LogP contribution >= 0.6 is 0 Å². The molecule has 0 aliphatic carbocycles. The van der Waals surface area contributed by atoms with Crippen molar-refractivity contribution in [1.29, 1.82) is 0 Å². The summed E-state index contributed by atoms with van der Waals surface area (Å²) in [7, 11) is 0. The molecule has 0 saturated heterocycles. The number of furan rings is 1. The Hall–Kier alpha value is -5.34. The van der Waals surface area contributed by atoms with E-state index in [0.717, 1.165) is 44.0 Å². The van der Waals surface area contributed by atoms with Gasteiger partial charge in [0, 0.05) is 27.3 Å². The molecule has 0 atom stereocenters. The summed E-state index contributed by atoms with van der Waals surface area (Å²) in [5, 5.41) is 9.64. The van der Waals surface area contributed by atoms with E-state index in [1.165, 1.54) is 49.4 Å². The van der Waals surface area contributed by atoms with Gasteiger partial charge in [-0.25, -0.2) is 0 Å². The molecular formula is C42H32O2. The van der Waals surface area contributed by atoms with Crippen LogP contribution in [0.1, 0.15) is 37.5 Å². The van der Waals surface area contributed by atoms with Gasteiger partial charge in [-0.1, -0.05) is 103 Å². The zero-order valence-electron chi connectivity index (χ0n) is 25.1. The minimum absolute atomic E-state index is 0.547. The first kappa shape index (κ1) is 26.3. The summed E-state index contributed by atoms with van der Waals surface area (Å²) in [6.45, 7) is 7.04. The van der Waals surface area contributed by atoms with Gasteiger partial charge < -0.3 is 9.15 Å². The number of hydrogen-bond donors (Lipinski definition) is 0. The van der Waals surface area contributed by atoms with Crippen LogP contribution in [0.5, 0.6) is 5.75 Å². The lowest BCUT2D eigenvalue weighted by molar-refractivity contribution is 0.388. The molecule has 2 heterocycles. The molecule has 8 rings (SSSR count). The van der Waals surface area contributed by atoms with E-state index in [2.05, 4.69) is 136 Å². The van der Waals surface area contributed by atoms with Gasteiger partial charge in [0.15, 0.2) is 0 Å². The maximum absolute atomic E-state index is 6.37. The highest BCUT2D eigenvalue weighted by Crippen LogP contribution is 2.44. The fourth-order valence-corrected chi connectivity index (χ4v) is 6.99. The van der Waals surface area contributed by atoms with E-state index in [1.54, 1.807) is 0 Å². The number of ether oxygens (including phenoxy) is 1. The number of allylic oxidation sites excluding steroid dienone is 7. The summed E-state index contributed by atoms with van der Waals surface area (Å²) < 4.78 is 12.6. The molecule has 2 heteroatoms. The molecule has 2 nitrogen and oxygen atoms in total. The zero-order valence-corrected chi connectivity index (χ0v) is 25.1. The number of benzene rings is 6. The van der Waals surface area contributed by atoms with Crippen molar-refractivity contribution >= 4 is 71.0 Å². The van der Waals surface area contributed by atoms with Crippen LogP contribution in [0.15, 0.2) is 132 Å². The van der Waals surface area contributed by atoms with Gasteiger partial charge in [-0.15, -0.1) is 0 Å². The lowest BCUT2D eigenvalue weighted by Gasteiger charge is -2.18. The Balaban J connectivity index is 1.31. The molecule has 1 aliphatic heterocycles. The molecule has 0 N–H and O–H groups in total. The van der Waals surface area contributed by atoms with E-state index >= 15 is 0 Å². The minimum atomic E-state index is 0.547. The van der Waals surface area contributed by atoms with E-state index < -0.39 is 0 Å². The van der Waals surface area contributed by atoms with Gasteiger partial charge in [-0.2, -0.15) is 0 Å². The second-order valence-corrected chi connectivity index (χ2v) is 11.6. The van der Waals surface area contributed by atoms with Crippen molar-refractivity contribution in [2.24, 2.45) is 0 Å². The number of hydrogen-bond acceptors (Lipinski definition) is 2. The van der Waals surface area contributed by atoms with Crippen molar-refractivity contribution in [3.8, 4) is 5.75 Å². The second kappa shape index (κ2) is 10.4. The van der Waals surface area contributed by atoms with Crippen molar-refractivity contribution in [2.45, 2.75) is 20.8 Å². The van der Waals surface area contributed by atoms with Crippen LogP contribution in [0.3, 0.4) is 0 Å². The molecule has 0 fully saturated rings. The van der Waals surface area contributed by atoms with Crippen LogP contribution in [-0.4, -0.2) is 6.61 Å². The maximum atomic E-state index is 6.37. The van der Waals surface area contributed by atoms with Gasteiger partial charge in [0.1, 0.15) is 23.5 Å². The van der Waals surface area contributed by atoms with Crippen LogP contribution < -0.4 is 4.74 Å². The van der Waals surface area contributed by atoms with Gasteiger partial charge in [0.2, 0.25) is 0 Å². The molecule has 0 bridgehead atoms. The molecule has 44 heavy (non-hydrogen) atoms.